The van der Waals surface area contributed by atoms with Crippen molar-refractivity contribution in [2.24, 2.45) is 5.73 Å². The van der Waals surface area contributed by atoms with Gasteiger partial charge in [-0.25, -0.2) is 4.79 Å². The van der Waals surface area contributed by atoms with E-state index in [0.29, 0.717) is 6.61 Å². The number of allylic oxidation sites excluding steroid dienone is 11. The monoisotopic (exact) mass is 401 g/mol. The Morgan fingerprint density at radius 1 is 0.724 bits per heavy atom. The van der Waals surface area contributed by atoms with Gasteiger partial charge in [0.15, 0.2) is 0 Å². The van der Waals surface area contributed by atoms with Gasteiger partial charge >= 0.3 is 5.97 Å². The molecule has 0 saturated heterocycles. The van der Waals surface area contributed by atoms with Gasteiger partial charge < -0.3 is 10.5 Å². The number of esters is 1. The molecule has 0 aliphatic carbocycles. The number of nitrogens with two attached hydrogens (primary N) is 1. The standard InChI is InChI=1S/C24H37NO2.C2H6/c1-3-5-6-7-8-9-10-11-12-13-14-15-16-17-18-19-20-21-22-23(25)24(26)27-4-2;1-2/h12-22H,3-11,25H2,1-2H3;1-2H3. The Morgan fingerprint density at radius 2 is 1.21 bits per heavy atom. The molecule has 0 spiro atoms. The Bertz CT molecular complexity index is 537. The highest BCUT2D eigenvalue weighted by atomic mass is 16.5. The first-order chi connectivity index (χ1) is 14.2. The highest BCUT2D eigenvalue weighted by Crippen LogP contribution is 2.08. The molecule has 29 heavy (non-hydrogen) atoms. The van der Waals surface area contributed by atoms with E-state index in [-0.39, 0.29) is 5.70 Å². The van der Waals surface area contributed by atoms with E-state index in [1.807, 2.05) is 56.4 Å². The first-order valence-corrected chi connectivity index (χ1v) is 11.2. The van der Waals surface area contributed by atoms with Gasteiger partial charge in [0.2, 0.25) is 0 Å². The van der Waals surface area contributed by atoms with Crippen LogP contribution in [0, 0.1) is 0 Å². The minimum Gasteiger partial charge on any atom is -0.461 e. The Balaban J connectivity index is 0. The topological polar surface area (TPSA) is 52.3 Å². The molecule has 0 amide bonds. The van der Waals surface area contributed by atoms with E-state index in [0.717, 1.165) is 6.42 Å². The van der Waals surface area contributed by atoms with Crippen LogP contribution in [0.3, 0.4) is 0 Å². The molecule has 0 aliphatic heterocycles. The molecule has 0 fully saturated rings. The molecule has 0 atom stereocenters. The van der Waals surface area contributed by atoms with Crippen LogP contribution in [-0.2, 0) is 9.53 Å². The summed E-state index contributed by atoms with van der Waals surface area (Å²) in [5.41, 5.74) is 5.66. The minimum atomic E-state index is -0.490. The van der Waals surface area contributed by atoms with Crippen molar-refractivity contribution in [1.29, 1.82) is 0 Å². The van der Waals surface area contributed by atoms with Crippen LogP contribution < -0.4 is 5.73 Å². The molecule has 0 aromatic heterocycles. The number of ether oxygens (including phenoxy) is 1. The van der Waals surface area contributed by atoms with Crippen molar-refractivity contribution in [3.05, 3.63) is 72.5 Å². The van der Waals surface area contributed by atoms with Gasteiger partial charge in [-0.3, -0.25) is 0 Å². The van der Waals surface area contributed by atoms with Crippen LogP contribution in [0.4, 0.5) is 0 Å². The lowest BCUT2D eigenvalue weighted by Crippen LogP contribution is -2.14. The number of unbranched alkanes of at least 4 members (excludes halogenated alkanes) is 7. The maximum Gasteiger partial charge on any atom is 0.354 e. The fourth-order valence-corrected chi connectivity index (χ4v) is 2.28. The normalized spacial score (nSPS) is 12.5. The van der Waals surface area contributed by atoms with Crippen molar-refractivity contribution >= 4 is 5.97 Å². The molecule has 3 nitrogen and oxygen atoms in total. The molecule has 0 saturated carbocycles. The summed E-state index contributed by atoms with van der Waals surface area (Å²) in [6.45, 7) is 8.33. The van der Waals surface area contributed by atoms with E-state index >= 15 is 0 Å². The average Bonchev–Trinajstić information content (AvgIpc) is 2.74. The summed E-state index contributed by atoms with van der Waals surface area (Å²) in [5, 5.41) is 0. The van der Waals surface area contributed by atoms with Gasteiger partial charge in [-0.15, -0.1) is 0 Å². The fourth-order valence-electron chi connectivity index (χ4n) is 2.28. The molecule has 0 aromatic carbocycles. The molecule has 0 heterocycles. The molecule has 0 bridgehead atoms. The SMILES string of the molecule is CC.CCCCCCCCCC=CC=CC=CC=CC=CC=C(N)C(=O)OCC. The van der Waals surface area contributed by atoms with Crippen molar-refractivity contribution < 1.29 is 9.53 Å². The van der Waals surface area contributed by atoms with Crippen molar-refractivity contribution in [1.82, 2.24) is 0 Å². The number of rotatable bonds is 15. The van der Waals surface area contributed by atoms with E-state index < -0.39 is 5.97 Å². The molecule has 0 radical (unpaired) electrons. The van der Waals surface area contributed by atoms with Crippen LogP contribution in [0.5, 0.6) is 0 Å². The summed E-state index contributed by atoms with van der Waals surface area (Å²) in [7, 11) is 0. The van der Waals surface area contributed by atoms with Gasteiger partial charge in [-0.1, -0.05) is 120 Å². The maximum absolute atomic E-state index is 11.3. The molecule has 0 unspecified atom stereocenters. The first-order valence-electron chi connectivity index (χ1n) is 11.2. The van der Waals surface area contributed by atoms with E-state index in [1.54, 1.807) is 13.0 Å². The van der Waals surface area contributed by atoms with Crippen LogP contribution >= 0.6 is 0 Å². The molecular formula is C26H43NO2. The Kier molecular flexibility index (Phi) is 25.6. The zero-order valence-corrected chi connectivity index (χ0v) is 19.1. The number of hydrogen-bond acceptors (Lipinski definition) is 3. The first kappa shape index (κ1) is 28.9. The molecule has 0 aromatic rings. The zero-order chi connectivity index (χ0) is 22.0. The zero-order valence-electron chi connectivity index (χ0n) is 19.1. The van der Waals surface area contributed by atoms with Crippen LogP contribution in [-0.4, -0.2) is 12.6 Å². The molecule has 2 N–H and O–H groups in total. The van der Waals surface area contributed by atoms with Crippen molar-refractivity contribution in [3.8, 4) is 0 Å². The largest absolute Gasteiger partial charge is 0.461 e. The number of hydrogen-bond donors (Lipinski definition) is 1. The van der Waals surface area contributed by atoms with E-state index in [4.69, 9.17) is 10.5 Å². The summed E-state index contributed by atoms with van der Waals surface area (Å²) in [6, 6.07) is 0. The van der Waals surface area contributed by atoms with E-state index in [9.17, 15) is 4.79 Å². The quantitative estimate of drug-likeness (QED) is 0.135. The highest BCUT2D eigenvalue weighted by Gasteiger charge is 2.02. The maximum atomic E-state index is 11.3. The van der Waals surface area contributed by atoms with Crippen LogP contribution in [0.2, 0.25) is 0 Å². The van der Waals surface area contributed by atoms with E-state index in [1.165, 1.54) is 51.0 Å². The van der Waals surface area contributed by atoms with Gasteiger partial charge in [0.1, 0.15) is 5.70 Å². The smallest absolute Gasteiger partial charge is 0.354 e. The van der Waals surface area contributed by atoms with Crippen molar-refractivity contribution in [3.63, 3.8) is 0 Å². The Morgan fingerprint density at radius 3 is 1.76 bits per heavy atom. The van der Waals surface area contributed by atoms with Gasteiger partial charge in [0.05, 0.1) is 6.61 Å². The molecule has 0 rings (SSSR count). The Labute approximate surface area is 179 Å². The second-order valence-electron chi connectivity index (χ2n) is 6.22. The molecule has 164 valence electrons. The summed E-state index contributed by atoms with van der Waals surface area (Å²) in [6.07, 6.45) is 31.8. The van der Waals surface area contributed by atoms with Gasteiger partial charge in [-0.2, -0.15) is 0 Å². The summed E-state index contributed by atoms with van der Waals surface area (Å²) in [4.78, 5) is 11.3. The second-order valence-corrected chi connectivity index (χ2v) is 6.22. The lowest BCUT2D eigenvalue weighted by atomic mass is 10.1. The highest BCUT2D eigenvalue weighted by molar-refractivity contribution is 5.87. The van der Waals surface area contributed by atoms with Crippen molar-refractivity contribution in [2.45, 2.75) is 79.1 Å². The molecular weight excluding hydrogens is 358 g/mol. The van der Waals surface area contributed by atoms with Crippen LogP contribution in [0.25, 0.3) is 0 Å². The van der Waals surface area contributed by atoms with Gasteiger partial charge in [0, 0.05) is 0 Å². The molecule has 0 aliphatic rings. The fraction of sp³-hybridized carbons (Fsp3) is 0.500. The lowest BCUT2D eigenvalue weighted by molar-refractivity contribution is -0.138. The lowest BCUT2D eigenvalue weighted by Gasteiger charge is -1.98. The Hall–Kier alpha value is -2.29. The third-order valence-electron chi connectivity index (χ3n) is 3.79. The second kappa shape index (κ2) is 25.7. The average molecular weight is 402 g/mol. The minimum absolute atomic E-state index is 0.100. The van der Waals surface area contributed by atoms with Crippen molar-refractivity contribution in [2.75, 3.05) is 6.61 Å². The predicted octanol–water partition coefficient (Wildman–Crippen LogP) is 7.34. The van der Waals surface area contributed by atoms with Crippen LogP contribution in [0.15, 0.2) is 72.5 Å². The summed E-state index contributed by atoms with van der Waals surface area (Å²) < 4.78 is 4.78. The number of carbonyl (C=O) groups is 1. The van der Waals surface area contributed by atoms with Crippen LogP contribution in [0.1, 0.15) is 79.1 Å². The third-order valence-corrected chi connectivity index (χ3v) is 3.79. The summed E-state index contributed by atoms with van der Waals surface area (Å²) >= 11 is 0. The number of carbonyl (C=O) groups excluding carboxylic acids is 1. The van der Waals surface area contributed by atoms with E-state index in [2.05, 4.69) is 19.1 Å². The summed E-state index contributed by atoms with van der Waals surface area (Å²) in [5.74, 6) is -0.490. The third kappa shape index (κ3) is 23.7. The van der Waals surface area contributed by atoms with Gasteiger partial charge in [0.25, 0.3) is 0 Å². The molecule has 3 heteroatoms. The predicted molar refractivity (Wildman–Crippen MR) is 129 cm³/mol. The van der Waals surface area contributed by atoms with Gasteiger partial charge in [-0.05, 0) is 25.8 Å².